The van der Waals surface area contributed by atoms with E-state index in [0.717, 1.165) is 0 Å². The Morgan fingerprint density at radius 1 is 1.16 bits per heavy atom. The molecule has 1 amide bonds. The average Bonchev–Trinajstić information content (AvgIpc) is 2.66. The first-order valence-corrected chi connectivity index (χ1v) is 8.03. The smallest absolute Gasteiger partial charge is 0.255 e. The molecule has 25 heavy (non-hydrogen) atoms. The SMILES string of the molecule is COc1ccc(C(=O)NC(C)C2COc3ccccc3O2)c(OC)c1. The fourth-order valence-electron chi connectivity index (χ4n) is 2.65. The van der Waals surface area contributed by atoms with Gasteiger partial charge in [0.05, 0.1) is 25.8 Å². The van der Waals surface area contributed by atoms with Crippen LogP contribution >= 0.6 is 0 Å². The highest BCUT2D eigenvalue weighted by atomic mass is 16.6. The number of para-hydroxylation sites is 2. The third-order valence-corrected chi connectivity index (χ3v) is 4.10. The minimum Gasteiger partial charge on any atom is -0.497 e. The second kappa shape index (κ2) is 7.34. The van der Waals surface area contributed by atoms with E-state index < -0.39 is 0 Å². The van der Waals surface area contributed by atoms with Gasteiger partial charge < -0.3 is 24.3 Å². The third-order valence-electron chi connectivity index (χ3n) is 4.10. The van der Waals surface area contributed by atoms with Gasteiger partial charge >= 0.3 is 0 Å². The minimum atomic E-state index is -0.275. The Bertz CT molecular complexity index is 761. The van der Waals surface area contributed by atoms with Crippen LogP contribution in [0.4, 0.5) is 0 Å². The summed E-state index contributed by atoms with van der Waals surface area (Å²) in [6, 6.07) is 12.3. The highest BCUT2D eigenvalue weighted by Crippen LogP contribution is 2.31. The van der Waals surface area contributed by atoms with Gasteiger partial charge in [-0.1, -0.05) is 12.1 Å². The molecule has 1 N–H and O–H groups in total. The molecule has 2 aromatic rings. The fraction of sp³-hybridized carbons (Fsp3) is 0.316. The average molecular weight is 343 g/mol. The lowest BCUT2D eigenvalue weighted by molar-refractivity contribution is 0.0605. The number of fused-ring (bicyclic) bond motifs is 1. The number of nitrogens with one attached hydrogen (secondary N) is 1. The largest absolute Gasteiger partial charge is 0.497 e. The maximum Gasteiger partial charge on any atom is 0.255 e. The molecule has 0 saturated carbocycles. The number of amides is 1. The zero-order valence-electron chi connectivity index (χ0n) is 14.4. The summed E-state index contributed by atoms with van der Waals surface area (Å²) in [5.41, 5.74) is 0.437. The van der Waals surface area contributed by atoms with E-state index >= 15 is 0 Å². The van der Waals surface area contributed by atoms with Gasteiger partial charge in [-0.05, 0) is 31.2 Å². The lowest BCUT2D eigenvalue weighted by Crippen LogP contribution is -2.48. The summed E-state index contributed by atoms with van der Waals surface area (Å²) in [7, 11) is 3.08. The van der Waals surface area contributed by atoms with Gasteiger partial charge in [-0.3, -0.25) is 4.79 Å². The molecule has 0 aliphatic carbocycles. The fourth-order valence-corrected chi connectivity index (χ4v) is 2.65. The van der Waals surface area contributed by atoms with Gasteiger partial charge in [0, 0.05) is 6.07 Å². The lowest BCUT2D eigenvalue weighted by atomic mass is 10.1. The minimum absolute atomic E-state index is 0.241. The van der Waals surface area contributed by atoms with Crippen molar-refractivity contribution in [2.75, 3.05) is 20.8 Å². The first kappa shape index (κ1) is 17.0. The topological polar surface area (TPSA) is 66.0 Å². The summed E-state index contributed by atoms with van der Waals surface area (Å²) in [6.07, 6.45) is -0.275. The molecule has 0 aromatic heterocycles. The normalized spacial score (nSPS) is 16.7. The Balaban J connectivity index is 1.69. The molecule has 1 aliphatic heterocycles. The molecule has 2 atom stereocenters. The van der Waals surface area contributed by atoms with Crippen LogP contribution in [0.1, 0.15) is 17.3 Å². The molecule has 0 radical (unpaired) electrons. The summed E-state index contributed by atoms with van der Waals surface area (Å²) in [5, 5.41) is 2.94. The van der Waals surface area contributed by atoms with Gasteiger partial charge in [-0.2, -0.15) is 0 Å². The van der Waals surface area contributed by atoms with Crippen LogP contribution in [0.25, 0.3) is 0 Å². The van der Waals surface area contributed by atoms with Crippen molar-refractivity contribution in [2.45, 2.75) is 19.1 Å². The van der Waals surface area contributed by atoms with Crippen molar-refractivity contribution in [3.8, 4) is 23.0 Å². The Kier molecular flexibility index (Phi) is 4.97. The molecule has 2 aromatic carbocycles. The lowest BCUT2D eigenvalue weighted by Gasteiger charge is -2.30. The Hall–Kier alpha value is -2.89. The predicted molar refractivity (Wildman–Crippen MR) is 92.8 cm³/mol. The molecule has 0 spiro atoms. The third kappa shape index (κ3) is 3.63. The van der Waals surface area contributed by atoms with Crippen LogP contribution in [0, 0.1) is 0 Å². The number of carbonyl (C=O) groups is 1. The number of hydrogen-bond donors (Lipinski definition) is 1. The number of carbonyl (C=O) groups excluding carboxylic acids is 1. The molecule has 1 heterocycles. The molecule has 6 heteroatoms. The number of rotatable bonds is 5. The van der Waals surface area contributed by atoms with Crippen LogP contribution in [0.5, 0.6) is 23.0 Å². The van der Waals surface area contributed by atoms with Crippen molar-refractivity contribution < 1.29 is 23.7 Å². The van der Waals surface area contributed by atoms with Crippen molar-refractivity contribution in [3.05, 3.63) is 48.0 Å². The molecular weight excluding hydrogens is 322 g/mol. The van der Waals surface area contributed by atoms with Crippen LogP contribution in [0.15, 0.2) is 42.5 Å². The van der Waals surface area contributed by atoms with Gasteiger partial charge in [-0.15, -0.1) is 0 Å². The summed E-state index contributed by atoms with van der Waals surface area (Å²) in [4.78, 5) is 12.6. The van der Waals surface area contributed by atoms with Crippen molar-refractivity contribution in [1.82, 2.24) is 5.32 Å². The molecule has 132 valence electrons. The van der Waals surface area contributed by atoms with Crippen LogP contribution in [0.2, 0.25) is 0 Å². The summed E-state index contributed by atoms with van der Waals surface area (Å²) in [6.45, 7) is 2.26. The van der Waals surface area contributed by atoms with Gasteiger partial charge in [0.25, 0.3) is 5.91 Å². The number of methoxy groups -OCH3 is 2. The van der Waals surface area contributed by atoms with Crippen LogP contribution < -0.4 is 24.3 Å². The van der Waals surface area contributed by atoms with Gasteiger partial charge in [-0.25, -0.2) is 0 Å². The van der Waals surface area contributed by atoms with Crippen LogP contribution in [-0.2, 0) is 0 Å². The molecule has 6 nitrogen and oxygen atoms in total. The maximum atomic E-state index is 12.6. The standard InChI is InChI=1S/C19H21NO5/c1-12(18-11-24-15-6-4-5-7-16(15)25-18)20-19(21)14-9-8-13(22-2)10-17(14)23-3/h4-10,12,18H,11H2,1-3H3,(H,20,21). The molecule has 2 unspecified atom stereocenters. The second-order valence-corrected chi connectivity index (χ2v) is 5.74. The zero-order valence-corrected chi connectivity index (χ0v) is 14.4. The second-order valence-electron chi connectivity index (χ2n) is 5.74. The molecule has 0 fully saturated rings. The predicted octanol–water partition coefficient (Wildman–Crippen LogP) is 2.66. The van der Waals surface area contributed by atoms with E-state index in [1.54, 1.807) is 25.3 Å². The highest BCUT2D eigenvalue weighted by Gasteiger charge is 2.28. The quantitative estimate of drug-likeness (QED) is 0.904. The first-order chi connectivity index (χ1) is 12.1. The van der Waals surface area contributed by atoms with Crippen molar-refractivity contribution in [3.63, 3.8) is 0 Å². The van der Waals surface area contributed by atoms with Crippen LogP contribution in [0.3, 0.4) is 0 Å². The molecular formula is C19H21NO5. The number of benzene rings is 2. The Morgan fingerprint density at radius 2 is 1.92 bits per heavy atom. The van der Waals surface area contributed by atoms with E-state index in [0.29, 0.717) is 35.2 Å². The summed E-state index contributed by atoms with van der Waals surface area (Å²) >= 11 is 0. The van der Waals surface area contributed by atoms with Gasteiger partial charge in [0.2, 0.25) is 0 Å². The monoisotopic (exact) mass is 343 g/mol. The zero-order chi connectivity index (χ0) is 17.8. The van der Waals surface area contributed by atoms with Crippen LogP contribution in [-0.4, -0.2) is 38.9 Å². The molecule has 3 rings (SSSR count). The van der Waals surface area contributed by atoms with Crippen molar-refractivity contribution >= 4 is 5.91 Å². The maximum absolute atomic E-state index is 12.6. The molecule has 1 aliphatic rings. The molecule has 0 bridgehead atoms. The summed E-state index contributed by atoms with van der Waals surface area (Å²) in [5.74, 6) is 2.24. The van der Waals surface area contributed by atoms with Gasteiger partial charge in [0.1, 0.15) is 18.1 Å². The van der Waals surface area contributed by atoms with Crippen molar-refractivity contribution in [1.29, 1.82) is 0 Å². The van der Waals surface area contributed by atoms with E-state index in [1.165, 1.54) is 7.11 Å². The van der Waals surface area contributed by atoms with E-state index in [4.69, 9.17) is 18.9 Å². The van der Waals surface area contributed by atoms with E-state index in [1.807, 2.05) is 31.2 Å². The Labute approximate surface area is 146 Å². The summed E-state index contributed by atoms with van der Waals surface area (Å²) < 4.78 is 22.1. The van der Waals surface area contributed by atoms with E-state index in [2.05, 4.69) is 5.32 Å². The van der Waals surface area contributed by atoms with Crippen molar-refractivity contribution in [2.24, 2.45) is 0 Å². The van der Waals surface area contributed by atoms with Gasteiger partial charge in [0.15, 0.2) is 17.6 Å². The number of hydrogen-bond acceptors (Lipinski definition) is 5. The number of ether oxygens (including phenoxy) is 4. The molecule has 0 saturated heterocycles. The van der Waals surface area contributed by atoms with E-state index in [-0.39, 0.29) is 18.1 Å². The highest BCUT2D eigenvalue weighted by molar-refractivity contribution is 5.97. The first-order valence-electron chi connectivity index (χ1n) is 8.03. The van der Waals surface area contributed by atoms with E-state index in [9.17, 15) is 4.79 Å². The Morgan fingerprint density at radius 3 is 2.64 bits per heavy atom.